The van der Waals surface area contributed by atoms with Crippen molar-refractivity contribution in [3.05, 3.63) is 22.8 Å². The molecule has 4 aliphatic carbocycles. The van der Waals surface area contributed by atoms with Gasteiger partial charge in [-0.25, -0.2) is 8.78 Å². The Morgan fingerprint density at radius 3 is 2.48 bits per heavy atom. The molecule has 0 unspecified atom stereocenters. The largest absolute Gasteiger partial charge is 0.412 e. The van der Waals surface area contributed by atoms with Crippen LogP contribution in [0.25, 0.3) is 0 Å². The first-order valence-electron chi connectivity index (χ1n) is 10.3. The number of hydrogen-bond donors (Lipinski definition) is 3. The number of carbonyl (C=O) groups excluding carboxylic acids is 2. The van der Waals surface area contributed by atoms with Crippen LogP contribution in [0, 0.1) is 28.6 Å². The molecule has 3 fully saturated rings. The summed E-state index contributed by atoms with van der Waals surface area (Å²) in [6.07, 6.45) is -1.28. The third kappa shape index (κ3) is 2.63. The molecule has 9 atom stereocenters. The topological polar surface area (TPSA) is 126 Å². The molecule has 0 bridgehead atoms. The van der Waals surface area contributed by atoms with Crippen LogP contribution in [-0.2, 0) is 9.59 Å². The molecule has 4 rings (SSSR count). The van der Waals surface area contributed by atoms with Gasteiger partial charge in [0.2, 0.25) is 0 Å². The summed E-state index contributed by atoms with van der Waals surface area (Å²) in [7, 11) is 0. The molecule has 0 radical (unpaired) electrons. The Morgan fingerprint density at radius 1 is 1.29 bits per heavy atom. The van der Waals surface area contributed by atoms with Crippen LogP contribution in [0.1, 0.15) is 40.0 Å². The van der Waals surface area contributed by atoms with Crippen LogP contribution in [0.5, 0.6) is 0 Å². The van der Waals surface area contributed by atoms with Gasteiger partial charge >= 0.3 is 0 Å². The van der Waals surface area contributed by atoms with Gasteiger partial charge in [0.15, 0.2) is 17.2 Å². The van der Waals surface area contributed by atoms with Gasteiger partial charge in [-0.2, -0.15) is 0 Å². The maximum absolute atomic E-state index is 17.0. The van der Waals surface area contributed by atoms with Gasteiger partial charge in [-0.1, -0.05) is 25.4 Å². The van der Waals surface area contributed by atoms with Crippen LogP contribution in [0.2, 0.25) is 0 Å². The van der Waals surface area contributed by atoms with Crippen molar-refractivity contribution in [2.75, 3.05) is 6.61 Å². The van der Waals surface area contributed by atoms with Gasteiger partial charge in [0.1, 0.15) is 18.4 Å². The predicted molar refractivity (Wildman–Crippen MR) is 109 cm³/mol. The number of Topliss-reactive ketones (excluding diaryl/α,β-unsaturated/α-hetero) is 1. The van der Waals surface area contributed by atoms with Crippen molar-refractivity contribution in [2.45, 2.75) is 63.6 Å². The first-order chi connectivity index (χ1) is 13.8. The number of alkyl halides is 2. The lowest BCUT2D eigenvalue weighted by atomic mass is 9.44. The summed E-state index contributed by atoms with van der Waals surface area (Å²) in [5.41, 5.74) is -7.19. The molecule has 9 heteroatoms. The second kappa shape index (κ2) is 7.15. The van der Waals surface area contributed by atoms with E-state index in [-0.39, 0.29) is 35.3 Å². The van der Waals surface area contributed by atoms with E-state index in [1.165, 1.54) is 13.0 Å². The number of ketones is 2. The minimum atomic E-state index is -2.33. The zero-order chi connectivity index (χ0) is 22.4. The average molecular weight is 463 g/mol. The summed E-state index contributed by atoms with van der Waals surface area (Å²) in [6, 6.07) is 0. The van der Waals surface area contributed by atoms with Gasteiger partial charge in [0, 0.05) is 16.7 Å². The summed E-state index contributed by atoms with van der Waals surface area (Å²) in [6.45, 7) is 3.84. The highest BCUT2D eigenvalue weighted by Gasteiger charge is 2.76. The standard InChI is InChI=1S/C22H27ClF2O5.H2O/c1-10-4-11-12-5-15(24)13-6-16(27)14(23)7-19(13,2)21(12,25)17(28)8-20(11,3)22(10,30)18(29)9-26;/h6-7,10-12,15,17,26,28,30H,4-5,8-9H2,1-3H3;1H2/t10-,11+,12+,15+,17+,19+,20+,21+,22+;/m1./s1. The van der Waals surface area contributed by atoms with Crippen LogP contribution < -0.4 is 0 Å². The fourth-order valence-corrected chi connectivity index (χ4v) is 7.58. The highest BCUT2D eigenvalue weighted by atomic mass is 35.5. The zero-order valence-corrected chi connectivity index (χ0v) is 18.4. The molecule has 174 valence electrons. The molecule has 31 heavy (non-hydrogen) atoms. The van der Waals surface area contributed by atoms with E-state index in [0.29, 0.717) is 0 Å². The Balaban J connectivity index is 0.00000272. The van der Waals surface area contributed by atoms with Crippen LogP contribution in [-0.4, -0.2) is 62.5 Å². The molecule has 3 saturated carbocycles. The van der Waals surface area contributed by atoms with E-state index in [9.17, 15) is 24.9 Å². The minimum absolute atomic E-state index is 0. The van der Waals surface area contributed by atoms with Crippen molar-refractivity contribution < 1.29 is 39.2 Å². The Hall–Kier alpha value is -1.19. The molecule has 0 aromatic carbocycles. The van der Waals surface area contributed by atoms with E-state index in [1.54, 1.807) is 13.8 Å². The van der Waals surface area contributed by atoms with Crippen LogP contribution in [0.3, 0.4) is 0 Å². The van der Waals surface area contributed by atoms with Gasteiger partial charge in [-0.3, -0.25) is 9.59 Å². The molecule has 0 aromatic rings. The fourth-order valence-electron chi connectivity index (χ4n) is 7.31. The van der Waals surface area contributed by atoms with Crippen molar-refractivity contribution in [3.8, 4) is 0 Å². The molecule has 0 saturated heterocycles. The molecule has 5 N–H and O–H groups in total. The summed E-state index contributed by atoms with van der Waals surface area (Å²) in [4.78, 5) is 24.6. The summed E-state index contributed by atoms with van der Waals surface area (Å²) in [5.74, 6) is -3.59. The van der Waals surface area contributed by atoms with E-state index in [0.717, 1.165) is 6.08 Å². The molecule has 0 amide bonds. The average Bonchev–Trinajstić information content (AvgIpc) is 2.87. The van der Waals surface area contributed by atoms with Gasteiger partial charge in [0.05, 0.1) is 11.1 Å². The van der Waals surface area contributed by atoms with Crippen molar-refractivity contribution in [2.24, 2.45) is 28.6 Å². The van der Waals surface area contributed by atoms with E-state index < -0.39 is 70.3 Å². The highest BCUT2D eigenvalue weighted by molar-refractivity contribution is 6.44. The molecule has 4 aliphatic rings. The lowest BCUT2D eigenvalue weighted by Gasteiger charge is -2.63. The first-order valence-corrected chi connectivity index (χ1v) is 10.7. The van der Waals surface area contributed by atoms with E-state index in [2.05, 4.69) is 0 Å². The van der Waals surface area contributed by atoms with E-state index >= 15 is 8.78 Å². The number of fused-ring (bicyclic) bond motifs is 5. The SMILES string of the molecule is C[C@@H]1C[C@H]2[C@@H]3C[C@H](F)C4=CC(=O)C(Cl)=C[C@]4(C)[C@@]3(F)[C@@H](O)C[C@]2(C)[C@@]1(O)C(=O)CO.O. The second-order valence-electron chi connectivity index (χ2n) is 9.96. The van der Waals surface area contributed by atoms with Crippen molar-refractivity contribution in [3.63, 3.8) is 0 Å². The number of rotatable bonds is 2. The van der Waals surface area contributed by atoms with Crippen molar-refractivity contribution >= 4 is 23.2 Å². The second-order valence-corrected chi connectivity index (χ2v) is 10.4. The zero-order valence-electron chi connectivity index (χ0n) is 17.7. The molecule has 0 spiro atoms. The lowest BCUT2D eigenvalue weighted by molar-refractivity contribution is -0.223. The van der Waals surface area contributed by atoms with E-state index in [1.807, 2.05) is 0 Å². The van der Waals surface area contributed by atoms with Gasteiger partial charge in [-0.15, -0.1) is 0 Å². The van der Waals surface area contributed by atoms with Crippen LogP contribution >= 0.6 is 11.6 Å². The van der Waals surface area contributed by atoms with Gasteiger partial charge in [0.25, 0.3) is 0 Å². The molecule has 0 aromatic heterocycles. The Morgan fingerprint density at radius 2 is 1.90 bits per heavy atom. The third-order valence-electron chi connectivity index (χ3n) is 8.84. The monoisotopic (exact) mass is 462 g/mol. The summed E-state index contributed by atoms with van der Waals surface area (Å²) >= 11 is 6.02. The molecule has 6 nitrogen and oxygen atoms in total. The van der Waals surface area contributed by atoms with Gasteiger partial charge in [-0.05, 0) is 55.7 Å². The Kier molecular flexibility index (Phi) is 5.64. The number of hydrogen-bond acceptors (Lipinski definition) is 5. The van der Waals surface area contributed by atoms with Crippen LogP contribution in [0.15, 0.2) is 22.8 Å². The fraction of sp³-hybridized carbons (Fsp3) is 0.727. The predicted octanol–water partition coefficient (Wildman–Crippen LogP) is 1.59. The minimum Gasteiger partial charge on any atom is -0.412 e. The Bertz CT molecular complexity index is 891. The molecule has 0 heterocycles. The quantitative estimate of drug-likeness (QED) is 0.574. The molecular formula is C22H29ClF2O6. The third-order valence-corrected chi connectivity index (χ3v) is 9.13. The number of aliphatic hydroxyl groups is 3. The smallest absolute Gasteiger partial charge is 0.196 e. The maximum atomic E-state index is 17.0. The highest BCUT2D eigenvalue weighted by Crippen LogP contribution is 2.71. The summed E-state index contributed by atoms with van der Waals surface area (Å²) in [5, 5.41) is 31.7. The van der Waals surface area contributed by atoms with Crippen LogP contribution in [0.4, 0.5) is 8.78 Å². The van der Waals surface area contributed by atoms with Crippen molar-refractivity contribution in [1.82, 2.24) is 0 Å². The number of aliphatic hydroxyl groups excluding tert-OH is 2. The molecule has 0 aliphatic heterocycles. The van der Waals surface area contributed by atoms with E-state index in [4.69, 9.17) is 11.6 Å². The number of carbonyl (C=O) groups is 2. The number of halogens is 3. The normalized spacial score (nSPS) is 51.0. The van der Waals surface area contributed by atoms with Gasteiger partial charge < -0.3 is 20.8 Å². The Labute approximate surface area is 184 Å². The first kappa shape index (κ1) is 24.5. The number of allylic oxidation sites excluding steroid dienone is 4. The maximum Gasteiger partial charge on any atom is 0.196 e. The summed E-state index contributed by atoms with van der Waals surface area (Å²) < 4.78 is 32.3. The van der Waals surface area contributed by atoms with Crippen molar-refractivity contribution in [1.29, 1.82) is 0 Å². The lowest BCUT2D eigenvalue weighted by Crippen LogP contribution is -2.70. The molecular weight excluding hydrogens is 434 g/mol.